The molecule has 1 aliphatic rings. The molecule has 0 unspecified atom stereocenters. The SMILES string of the molecule is CCc1nnc2n1N[C@@H](c1ccc(OC)cc1)[C@H](C(=O)Nc1ccccc1)S2. The zero-order valence-electron chi connectivity index (χ0n) is 15.6. The summed E-state index contributed by atoms with van der Waals surface area (Å²) in [7, 11) is 1.64. The zero-order valence-corrected chi connectivity index (χ0v) is 16.4. The highest BCUT2D eigenvalue weighted by molar-refractivity contribution is 8.00. The number of para-hydroxylation sites is 1. The lowest BCUT2D eigenvalue weighted by atomic mass is 10.0. The number of thioether (sulfide) groups is 1. The second-order valence-electron chi connectivity index (χ2n) is 6.36. The lowest BCUT2D eigenvalue weighted by Crippen LogP contribution is -2.41. The lowest BCUT2D eigenvalue weighted by molar-refractivity contribution is -0.116. The predicted octanol–water partition coefficient (Wildman–Crippen LogP) is 3.25. The Kier molecular flexibility index (Phi) is 5.21. The molecule has 0 radical (unpaired) electrons. The fourth-order valence-corrected chi connectivity index (χ4v) is 4.22. The summed E-state index contributed by atoms with van der Waals surface area (Å²) in [6.45, 7) is 2.03. The predicted molar refractivity (Wildman–Crippen MR) is 109 cm³/mol. The van der Waals surface area contributed by atoms with Crippen LogP contribution in [0.25, 0.3) is 0 Å². The largest absolute Gasteiger partial charge is 0.497 e. The number of nitrogens with zero attached hydrogens (tertiary/aromatic N) is 3. The van der Waals surface area contributed by atoms with Crippen molar-refractivity contribution in [2.45, 2.75) is 29.8 Å². The quantitative estimate of drug-likeness (QED) is 0.690. The van der Waals surface area contributed by atoms with Gasteiger partial charge in [-0.1, -0.05) is 49.0 Å². The number of ether oxygens (including phenoxy) is 1. The van der Waals surface area contributed by atoms with Gasteiger partial charge in [0.25, 0.3) is 0 Å². The van der Waals surface area contributed by atoms with Crippen LogP contribution in [0, 0.1) is 0 Å². The third kappa shape index (κ3) is 3.55. The van der Waals surface area contributed by atoms with E-state index in [-0.39, 0.29) is 11.9 Å². The minimum absolute atomic E-state index is 0.0863. The molecular weight excluding hydrogens is 374 g/mol. The van der Waals surface area contributed by atoms with E-state index in [1.807, 2.05) is 66.2 Å². The van der Waals surface area contributed by atoms with E-state index in [0.29, 0.717) is 5.16 Å². The highest BCUT2D eigenvalue weighted by Gasteiger charge is 2.37. The number of benzene rings is 2. The summed E-state index contributed by atoms with van der Waals surface area (Å²) in [6.07, 6.45) is 0.747. The van der Waals surface area contributed by atoms with Gasteiger partial charge in [-0.05, 0) is 29.8 Å². The summed E-state index contributed by atoms with van der Waals surface area (Å²) < 4.78 is 7.14. The molecule has 1 amide bonds. The van der Waals surface area contributed by atoms with Crippen molar-refractivity contribution in [3.63, 3.8) is 0 Å². The maximum Gasteiger partial charge on any atom is 0.240 e. The van der Waals surface area contributed by atoms with Crippen molar-refractivity contribution in [1.82, 2.24) is 14.9 Å². The molecule has 0 aliphatic carbocycles. The van der Waals surface area contributed by atoms with Gasteiger partial charge in [-0.25, -0.2) is 4.68 Å². The molecule has 0 spiro atoms. The molecule has 1 aliphatic heterocycles. The fourth-order valence-electron chi connectivity index (χ4n) is 3.12. The van der Waals surface area contributed by atoms with E-state index >= 15 is 0 Å². The molecule has 4 rings (SSSR count). The first-order chi connectivity index (χ1) is 13.7. The van der Waals surface area contributed by atoms with Gasteiger partial charge in [0.2, 0.25) is 11.1 Å². The minimum Gasteiger partial charge on any atom is -0.497 e. The van der Waals surface area contributed by atoms with E-state index in [4.69, 9.17) is 4.74 Å². The third-order valence-corrected chi connectivity index (χ3v) is 5.81. The van der Waals surface area contributed by atoms with Crippen molar-refractivity contribution in [3.8, 4) is 5.75 Å². The minimum atomic E-state index is -0.407. The van der Waals surface area contributed by atoms with E-state index in [1.165, 1.54) is 11.8 Å². The van der Waals surface area contributed by atoms with Crippen molar-refractivity contribution in [1.29, 1.82) is 0 Å². The molecule has 0 bridgehead atoms. The molecule has 8 heteroatoms. The number of fused-ring (bicyclic) bond motifs is 1. The second-order valence-corrected chi connectivity index (χ2v) is 7.47. The molecule has 2 aromatic carbocycles. The van der Waals surface area contributed by atoms with E-state index < -0.39 is 5.25 Å². The second kappa shape index (κ2) is 7.93. The number of anilines is 1. The van der Waals surface area contributed by atoms with Crippen LogP contribution in [0.5, 0.6) is 5.75 Å². The standard InChI is InChI=1S/C20H21N5O2S/c1-3-16-22-23-20-25(16)24-17(13-9-11-15(27-2)12-10-13)18(28-20)19(26)21-14-7-5-4-6-8-14/h4-12,17-18,24H,3H2,1-2H3,(H,21,26)/t17-,18+/m0/s1. The number of carbonyl (C=O) groups excluding carboxylic acids is 1. The maximum atomic E-state index is 13.1. The molecule has 144 valence electrons. The smallest absolute Gasteiger partial charge is 0.240 e. The van der Waals surface area contributed by atoms with E-state index in [0.717, 1.165) is 29.2 Å². The van der Waals surface area contributed by atoms with Crippen molar-refractivity contribution in [2.24, 2.45) is 0 Å². The van der Waals surface area contributed by atoms with Crippen LogP contribution in [-0.4, -0.2) is 33.1 Å². The molecule has 2 atom stereocenters. The van der Waals surface area contributed by atoms with Gasteiger partial charge in [-0.2, -0.15) is 0 Å². The highest BCUT2D eigenvalue weighted by Crippen LogP contribution is 2.38. The van der Waals surface area contributed by atoms with E-state index in [1.54, 1.807) is 7.11 Å². The Labute approximate surface area is 167 Å². The van der Waals surface area contributed by atoms with Crippen molar-refractivity contribution in [2.75, 3.05) is 17.9 Å². The Bertz CT molecular complexity index is 958. The normalized spacial score (nSPS) is 18.1. The molecule has 3 aromatic rings. The number of aromatic nitrogens is 3. The molecule has 2 heterocycles. The van der Waals surface area contributed by atoms with Gasteiger partial charge in [0, 0.05) is 12.1 Å². The number of rotatable bonds is 5. The summed E-state index contributed by atoms with van der Waals surface area (Å²) in [4.78, 5) is 13.1. The molecule has 0 saturated carbocycles. The van der Waals surface area contributed by atoms with E-state index in [9.17, 15) is 4.79 Å². The van der Waals surface area contributed by atoms with Gasteiger partial charge in [0.05, 0.1) is 13.2 Å². The van der Waals surface area contributed by atoms with Crippen LogP contribution in [0.15, 0.2) is 59.8 Å². The molecule has 0 saturated heterocycles. The lowest BCUT2D eigenvalue weighted by Gasteiger charge is -2.33. The number of amides is 1. The summed E-state index contributed by atoms with van der Waals surface area (Å²) in [5.41, 5.74) is 5.19. The summed E-state index contributed by atoms with van der Waals surface area (Å²) in [5.74, 6) is 1.52. The highest BCUT2D eigenvalue weighted by atomic mass is 32.2. The first-order valence-electron chi connectivity index (χ1n) is 9.07. The van der Waals surface area contributed by atoms with Gasteiger partial charge >= 0.3 is 0 Å². The number of carbonyl (C=O) groups is 1. The van der Waals surface area contributed by atoms with Gasteiger partial charge in [0.15, 0.2) is 5.82 Å². The first-order valence-corrected chi connectivity index (χ1v) is 9.95. The summed E-state index contributed by atoms with van der Waals surface area (Å²) in [6, 6.07) is 17.0. The fraction of sp³-hybridized carbons (Fsp3) is 0.250. The van der Waals surface area contributed by atoms with Crippen molar-refractivity contribution >= 4 is 23.4 Å². The Hall–Kier alpha value is -3.00. The van der Waals surface area contributed by atoms with Crippen molar-refractivity contribution in [3.05, 3.63) is 66.0 Å². The zero-order chi connectivity index (χ0) is 19.5. The van der Waals surface area contributed by atoms with Crippen LogP contribution >= 0.6 is 11.8 Å². The molecule has 0 fully saturated rings. The van der Waals surface area contributed by atoms with Crippen LogP contribution in [0.4, 0.5) is 5.69 Å². The van der Waals surface area contributed by atoms with Gasteiger partial charge in [0.1, 0.15) is 11.0 Å². The topological polar surface area (TPSA) is 81.1 Å². The number of hydrogen-bond acceptors (Lipinski definition) is 6. The Morgan fingerprint density at radius 1 is 1.18 bits per heavy atom. The van der Waals surface area contributed by atoms with Gasteiger partial charge < -0.3 is 15.5 Å². The van der Waals surface area contributed by atoms with Crippen LogP contribution < -0.4 is 15.5 Å². The number of hydrogen-bond donors (Lipinski definition) is 2. The van der Waals surface area contributed by atoms with Crippen LogP contribution in [0.2, 0.25) is 0 Å². The number of nitrogens with one attached hydrogen (secondary N) is 2. The first kappa shape index (κ1) is 18.4. The van der Waals surface area contributed by atoms with Crippen LogP contribution in [0.1, 0.15) is 24.4 Å². The Balaban J connectivity index is 1.67. The maximum absolute atomic E-state index is 13.1. The Morgan fingerprint density at radius 3 is 2.61 bits per heavy atom. The average molecular weight is 395 g/mol. The summed E-state index contributed by atoms with van der Waals surface area (Å²) in [5, 5.41) is 11.7. The average Bonchev–Trinajstić information content (AvgIpc) is 3.15. The Morgan fingerprint density at radius 2 is 1.93 bits per heavy atom. The number of methoxy groups -OCH3 is 1. The monoisotopic (exact) mass is 395 g/mol. The van der Waals surface area contributed by atoms with Crippen LogP contribution in [-0.2, 0) is 11.2 Å². The number of aryl methyl sites for hydroxylation is 1. The molecule has 7 nitrogen and oxygen atoms in total. The molecule has 2 N–H and O–H groups in total. The summed E-state index contributed by atoms with van der Waals surface area (Å²) >= 11 is 1.42. The van der Waals surface area contributed by atoms with Gasteiger partial charge in [-0.3, -0.25) is 4.79 Å². The van der Waals surface area contributed by atoms with Gasteiger partial charge in [-0.15, -0.1) is 10.2 Å². The molecule has 1 aromatic heterocycles. The molecule has 28 heavy (non-hydrogen) atoms. The molecular formula is C20H21N5O2S. The van der Waals surface area contributed by atoms with Crippen LogP contribution in [0.3, 0.4) is 0 Å². The third-order valence-electron chi connectivity index (χ3n) is 4.59. The van der Waals surface area contributed by atoms with E-state index in [2.05, 4.69) is 20.9 Å². The van der Waals surface area contributed by atoms with Crippen molar-refractivity contribution < 1.29 is 9.53 Å².